The minimum atomic E-state index is 0.737. The van der Waals surface area contributed by atoms with E-state index >= 15 is 0 Å². The van der Waals surface area contributed by atoms with Crippen molar-refractivity contribution in [3.05, 3.63) is 0 Å². The van der Waals surface area contributed by atoms with Gasteiger partial charge in [-0.2, -0.15) is 0 Å². The summed E-state index contributed by atoms with van der Waals surface area (Å²) in [6.07, 6.45) is 0. The molecule has 108 valence electrons. The van der Waals surface area contributed by atoms with E-state index < -0.39 is 0 Å². The summed E-state index contributed by atoms with van der Waals surface area (Å²) in [6, 6.07) is 0.737. The maximum Gasteiger partial charge on any atom is 0.0254 e. The molecule has 18 heavy (non-hydrogen) atoms. The van der Waals surface area contributed by atoms with Gasteiger partial charge >= 0.3 is 0 Å². The second kappa shape index (κ2) is 7.46. The molecule has 0 saturated carbocycles. The molecule has 1 aliphatic heterocycles. The number of hydrogen-bond acceptors (Lipinski definition) is 3. The quantitative estimate of drug-likeness (QED) is 0.748. The van der Waals surface area contributed by atoms with Crippen LogP contribution in [-0.4, -0.2) is 62.7 Å². The molecule has 0 aromatic rings. The standard InChI is InChI=1S/C15H33N3/c1-12(2)7-16-8-13(3)9-18-10-14(4)15(11-18)17(5)6/h12-16H,7-11H2,1-6H3. The van der Waals surface area contributed by atoms with E-state index in [1.165, 1.54) is 19.6 Å². The summed E-state index contributed by atoms with van der Waals surface area (Å²) in [6.45, 7) is 15.3. The Balaban J connectivity index is 2.23. The van der Waals surface area contributed by atoms with E-state index in [1.807, 2.05) is 0 Å². The molecule has 0 aliphatic carbocycles. The van der Waals surface area contributed by atoms with E-state index in [0.29, 0.717) is 0 Å². The molecule has 1 aliphatic rings. The normalized spacial score (nSPS) is 27.3. The number of nitrogens with zero attached hydrogens (tertiary/aromatic N) is 2. The Labute approximate surface area is 114 Å². The fraction of sp³-hybridized carbons (Fsp3) is 1.00. The van der Waals surface area contributed by atoms with Crippen molar-refractivity contribution in [2.24, 2.45) is 17.8 Å². The Morgan fingerprint density at radius 1 is 1.17 bits per heavy atom. The van der Waals surface area contributed by atoms with Gasteiger partial charge in [-0.1, -0.05) is 27.7 Å². The van der Waals surface area contributed by atoms with Crippen molar-refractivity contribution in [3.8, 4) is 0 Å². The van der Waals surface area contributed by atoms with Crippen molar-refractivity contribution in [2.75, 3.05) is 46.8 Å². The fourth-order valence-corrected chi connectivity index (χ4v) is 2.99. The zero-order valence-corrected chi connectivity index (χ0v) is 13.2. The van der Waals surface area contributed by atoms with Gasteiger partial charge in [-0.25, -0.2) is 0 Å². The number of likely N-dealkylation sites (N-methyl/N-ethyl adjacent to an activating group) is 1. The van der Waals surface area contributed by atoms with Crippen LogP contribution in [0.25, 0.3) is 0 Å². The molecule has 0 aromatic carbocycles. The van der Waals surface area contributed by atoms with Crippen LogP contribution < -0.4 is 5.32 Å². The Kier molecular flexibility index (Phi) is 6.61. The van der Waals surface area contributed by atoms with Crippen LogP contribution in [0, 0.1) is 17.8 Å². The fourth-order valence-electron chi connectivity index (χ4n) is 2.99. The molecule has 1 N–H and O–H groups in total. The summed E-state index contributed by atoms with van der Waals surface area (Å²) in [4.78, 5) is 5.02. The van der Waals surface area contributed by atoms with E-state index in [1.54, 1.807) is 0 Å². The molecule has 0 bridgehead atoms. The summed E-state index contributed by atoms with van der Waals surface area (Å²) < 4.78 is 0. The molecule has 3 unspecified atom stereocenters. The zero-order valence-electron chi connectivity index (χ0n) is 13.2. The van der Waals surface area contributed by atoms with Crippen LogP contribution in [-0.2, 0) is 0 Å². The van der Waals surface area contributed by atoms with E-state index in [4.69, 9.17) is 0 Å². The van der Waals surface area contributed by atoms with Crippen molar-refractivity contribution in [3.63, 3.8) is 0 Å². The summed E-state index contributed by atoms with van der Waals surface area (Å²) in [5.41, 5.74) is 0. The zero-order chi connectivity index (χ0) is 13.7. The third kappa shape index (κ3) is 5.25. The van der Waals surface area contributed by atoms with Crippen molar-refractivity contribution in [2.45, 2.75) is 33.7 Å². The van der Waals surface area contributed by atoms with Crippen molar-refractivity contribution < 1.29 is 0 Å². The monoisotopic (exact) mass is 255 g/mol. The first-order valence-electron chi connectivity index (χ1n) is 7.49. The number of hydrogen-bond donors (Lipinski definition) is 1. The van der Waals surface area contributed by atoms with Crippen LogP contribution in [0.4, 0.5) is 0 Å². The highest BCUT2D eigenvalue weighted by atomic mass is 15.2. The summed E-state index contributed by atoms with van der Waals surface area (Å²) >= 11 is 0. The minimum absolute atomic E-state index is 0.737. The van der Waals surface area contributed by atoms with Crippen molar-refractivity contribution >= 4 is 0 Å². The van der Waals surface area contributed by atoms with Gasteiger partial charge in [-0.05, 0) is 44.9 Å². The van der Waals surface area contributed by atoms with Crippen molar-refractivity contribution in [1.29, 1.82) is 0 Å². The highest BCUT2D eigenvalue weighted by molar-refractivity contribution is 4.87. The lowest BCUT2D eigenvalue weighted by Crippen LogP contribution is -2.36. The van der Waals surface area contributed by atoms with Crippen LogP contribution in [0.1, 0.15) is 27.7 Å². The van der Waals surface area contributed by atoms with Gasteiger partial charge < -0.3 is 15.1 Å². The topological polar surface area (TPSA) is 18.5 Å². The number of nitrogens with one attached hydrogen (secondary N) is 1. The predicted octanol–water partition coefficient (Wildman–Crippen LogP) is 1.75. The van der Waals surface area contributed by atoms with Crippen molar-refractivity contribution in [1.82, 2.24) is 15.1 Å². The first kappa shape index (κ1) is 15.9. The SMILES string of the molecule is CC(C)CNCC(C)CN1CC(C)C(N(C)C)C1. The van der Waals surface area contributed by atoms with E-state index in [9.17, 15) is 0 Å². The maximum absolute atomic E-state index is 3.57. The summed E-state index contributed by atoms with van der Waals surface area (Å²) in [5.74, 6) is 2.30. The first-order chi connectivity index (χ1) is 8.40. The van der Waals surface area contributed by atoms with E-state index in [-0.39, 0.29) is 0 Å². The molecule has 0 radical (unpaired) electrons. The highest BCUT2D eigenvalue weighted by Crippen LogP contribution is 2.20. The molecule has 1 heterocycles. The molecule has 1 fully saturated rings. The average Bonchev–Trinajstić information content (AvgIpc) is 2.58. The predicted molar refractivity (Wildman–Crippen MR) is 80.0 cm³/mol. The van der Waals surface area contributed by atoms with E-state index in [0.717, 1.165) is 36.9 Å². The van der Waals surface area contributed by atoms with Gasteiger partial charge in [0.05, 0.1) is 0 Å². The smallest absolute Gasteiger partial charge is 0.0254 e. The summed E-state index contributed by atoms with van der Waals surface area (Å²) in [5, 5.41) is 3.57. The summed E-state index contributed by atoms with van der Waals surface area (Å²) in [7, 11) is 4.41. The van der Waals surface area contributed by atoms with Gasteiger partial charge in [-0.15, -0.1) is 0 Å². The van der Waals surface area contributed by atoms with Crippen LogP contribution >= 0.6 is 0 Å². The molecule has 3 nitrogen and oxygen atoms in total. The Morgan fingerprint density at radius 2 is 1.83 bits per heavy atom. The molecule has 0 aromatic heterocycles. The maximum atomic E-state index is 3.57. The lowest BCUT2D eigenvalue weighted by Gasteiger charge is -2.24. The second-order valence-electron chi connectivity index (χ2n) is 6.88. The second-order valence-corrected chi connectivity index (χ2v) is 6.88. The van der Waals surface area contributed by atoms with Gasteiger partial charge in [0.1, 0.15) is 0 Å². The minimum Gasteiger partial charge on any atom is -0.316 e. The van der Waals surface area contributed by atoms with Gasteiger partial charge in [0.15, 0.2) is 0 Å². The Hall–Kier alpha value is -0.120. The molecule has 0 amide bonds. The lowest BCUT2D eigenvalue weighted by atomic mass is 10.1. The molecular formula is C15H33N3. The largest absolute Gasteiger partial charge is 0.316 e. The van der Waals surface area contributed by atoms with Crippen LogP contribution in [0.5, 0.6) is 0 Å². The average molecular weight is 255 g/mol. The van der Waals surface area contributed by atoms with Gasteiger partial charge in [0.2, 0.25) is 0 Å². The number of rotatable bonds is 7. The third-order valence-corrected chi connectivity index (χ3v) is 3.93. The van der Waals surface area contributed by atoms with Crippen LogP contribution in [0.2, 0.25) is 0 Å². The van der Waals surface area contributed by atoms with Gasteiger partial charge in [-0.3, -0.25) is 0 Å². The van der Waals surface area contributed by atoms with Crippen LogP contribution in [0.3, 0.4) is 0 Å². The third-order valence-electron chi connectivity index (χ3n) is 3.93. The van der Waals surface area contributed by atoms with E-state index in [2.05, 4.69) is 56.9 Å². The molecule has 3 heteroatoms. The molecule has 1 rings (SSSR count). The Bertz CT molecular complexity index is 228. The lowest BCUT2D eigenvalue weighted by molar-refractivity contribution is 0.239. The Morgan fingerprint density at radius 3 is 2.33 bits per heavy atom. The molecule has 0 spiro atoms. The molecule has 3 atom stereocenters. The number of likely N-dealkylation sites (tertiary alicyclic amines) is 1. The van der Waals surface area contributed by atoms with Gasteiger partial charge in [0.25, 0.3) is 0 Å². The van der Waals surface area contributed by atoms with Gasteiger partial charge in [0, 0.05) is 25.7 Å². The highest BCUT2D eigenvalue weighted by Gasteiger charge is 2.31. The first-order valence-corrected chi connectivity index (χ1v) is 7.49. The molecular weight excluding hydrogens is 222 g/mol. The van der Waals surface area contributed by atoms with Crippen LogP contribution in [0.15, 0.2) is 0 Å². The molecule has 1 saturated heterocycles.